The topological polar surface area (TPSA) is 18.5 Å². The summed E-state index contributed by atoms with van der Waals surface area (Å²) in [7, 11) is 2.18. The lowest BCUT2D eigenvalue weighted by Crippen LogP contribution is -2.46. The maximum atomic E-state index is 5.16. The summed E-state index contributed by atoms with van der Waals surface area (Å²) in [5.74, 6) is 2.63. The van der Waals surface area contributed by atoms with Gasteiger partial charge in [-0.1, -0.05) is 0 Å². The Morgan fingerprint density at radius 1 is 1.21 bits per heavy atom. The van der Waals surface area contributed by atoms with E-state index in [2.05, 4.69) is 28.1 Å². The second kappa shape index (κ2) is 6.83. The molecular weight excluding hydrogens is 174 g/mol. The summed E-state index contributed by atoms with van der Waals surface area (Å²) in [6, 6.07) is 0. The average Bonchev–Trinajstić information content (AvgIpc) is 2.21. The highest BCUT2D eigenvalue weighted by Crippen LogP contribution is 1.97. The Balaban J connectivity index is 1.94. The minimum atomic E-state index is 0.836. The minimum Gasteiger partial charge on any atom is -0.315 e. The van der Waals surface area contributed by atoms with Crippen LogP contribution in [-0.4, -0.2) is 62.7 Å². The van der Waals surface area contributed by atoms with Crippen molar-refractivity contribution in [2.45, 2.75) is 6.42 Å². The van der Waals surface area contributed by atoms with Crippen LogP contribution in [-0.2, 0) is 0 Å². The van der Waals surface area contributed by atoms with Crippen LogP contribution >= 0.6 is 0 Å². The van der Waals surface area contributed by atoms with E-state index in [4.69, 9.17) is 6.42 Å². The maximum Gasteiger partial charge on any atom is 0.0211 e. The molecule has 1 heterocycles. The van der Waals surface area contributed by atoms with Gasteiger partial charge >= 0.3 is 0 Å². The van der Waals surface area contributed by atoms with E-state index in [1.54, 1.807) is 0 Å². The highest BCUT2D eigenvalue weighted by molar-refractivity contribution is 4.84. The molecule has 1 aliphatic heterocycles. The molecule has 0 amide bonds. The summed E-state index contributed by atoms with van der Waals surface area (Å²) in [6.45, 7) is 7.96. The third-order valence-electron chi connectivity index (χ3n) is 2.65. The molecule has 0 spiro atoms. The molecule has 1 saturated heterocycles. The summed E-state index contributed by atoms with van der Waals surface area (Å²) >= 11 is 0. The van der Waals surface area contributed by atoms with Crippen molar-refractivity contribution in [1.82, 2.24) is 15.1 Å². The van der Waals surface area contributed by atoms with Crippen molar-refractivity contribution < 1.29 is 0 Å². The van der Waals surface area contributed by atoms with Crippen LogP contribution in [0.3, 0.4) is 0 Å². The third-order valence-corrected chi connectivity index (χ3v) is 2.65. The SMILES string of the molecule is C#CCCNCCN1CCN(C)CC1. The van der Waals surface area contributed by atoms with Gasteiger partial charge in [0.15, 0.2) is 0 Å². The number of hydrogen-bond acceptors (Lipinski definition) is 3. The lowest BCUT2D eigenvalue weighted by molar-refractivity contribution is 0.155. The van der Waals surface area contributed by atoms with Gasteiger partial charge in [-0.15, -0.1) is 12.3 Å². The molecular formula is C11H21N3. The zero-order valence-corrected chi connectivity index (χ0v) is 9.13. The Hall–Kier alpha value is -0.560. The summed E-state index contributed by atoms with van der Waals surface area (Å²) in [5.41, 5.74) is 0. The van der Waals surface area contributed by atoms with Crippen LogP contribution in [0.5, 0.6) is 0 Å². The molecule has 0 aromatic rings. The molecule has 0 aromatic carbocycles. The van der Waals surface area contributed by atoms with Gasteiger partial charge in [-0.25, -0.2) is 0 Å². The first-order chi connectivity index (χ1) is 6.83. The molecule has 0 saturated carbocycles. The van der Waals surface area contributed by atoms with Gasteiger partial charge in [0.1, 0.15) is 0 Å². The molecule has 1 rings (SSSR count). The largest absolute Gasteiger partial charge is 0.315 e. The Morgan fingerprint density at radius 2 is 1.93 bits per heavy atom. The lowest BCUT2D eigenvalue weighted by atomic mass is 10.3. The first-order valence-electron chi connectivity index (χ1n) is 5.38. The Morgan fingerprint density at radius 3 is 2.57 bits per heavy atom. The van der Waals surface area contributed by atoms with Gasteiger partial charge in [0.05, 0.1) is 0 Å². The summed E-state index contributed by atoms with van der Waals surface area (Å²) in [4.78, 5) is 4.88. The van der Waals surface area contributed by atoms with Crippen LogP contribution < -0.4 is 5.32 Å². The van der Waals surface area contributed by atoms with Gasteiger partial charge in [-0.05, 0) is 7.05 Å². The smallest absolute Gasteiger partial charge is 0.0211 e. The molecule has 1 fully saturated rings. The average molecular weight is 195 g/mol. The van der Waals surface area contributed by atoms with Crippen molar-refractivity contribution in [2.24, 2.45) is 0 Å². The molecule has 14 heavy (non-hydrogen) atoms. The molecule has 0 aliphatic carbocycles. The normalized spacial score (nSPS) is 19.4. The fourth-order valence-electron chi connectivity index (χ4n) is 1.59. The van der Waals surface area contributed by atoms with E-state index >= 15 is 0 Å². The minimum absolute atomic E-state index is 0.836. The van der Waals surface area contributed by atoms with Crippen molar-refractivity contribution >= 4 is 0 Å². The number of nitrogens with zero attached hydrogens (tertiary/aromatic N) is 2. The Labute approximate surface area is 87.5 Å². The van der Waals surface area contributed by atoms with Crippen molar-refractivity contribution in [3.8, 4) is 12.3 Å². The van der Waals surface area contributed by atoms with E-state index in [9.17, 15) is 0 Å². The van der Waals surface area contributed by atoms with Crippen LogP contribution in [0.25, 0.3) is 0 Å². The second-order valence-electron chi connectivity index (χ2n) is 3.85. The highest BCUT2D eigenvalue weighted by atomic mass is 15.2. The van der Waals surface area contributed by atoms with Crippen LogP contribution in [0, 0.1) is 12.3 Å². The molecule has 0 atom stereocenters. The number of rotatable bonds is 5. The summed E-state index contributed by atoms with van der Waals surface area (Å²) in [5, 5.41) is 3.35. The molecule has 1 aliphatic rings. The van der Waals surface area contributed by atoms with E-state index in [1.165, 1.54) is 26.2 Å². The quantitative estimate of drug-likeness (QED) is 0.486. The van der Waals surface area contributed by atoms with Crippen LogP contribution in [0.2, 0.25) is 0 Å². The van der Waals surface area contributed by atoms with Gasteiger partial charge in [0.25, 0.3) is 0 Å². The monoisotopic (exact) mass is 195 g/mol. The van der Waals surface area contributed by atoms with Gasteiger partial charge in [0, 0.05) is 52.2 Å². The summed E-state index contributed by atoms with van der Waals surface area (Å²) in [6.07, 6.45) is 6.00. The van der Waals surface area contributed by atoms with Gasteiger partial charge in [0.2, 0.25) is 0 Å². The third kappa shape index (κ3) is 4.61. The number of likely N-dealkylation sites (N-methyl/N-ethyl adjacent to an activating group) is 1. The molecule has 1 N–H and O–H groups in total. The van der Waals surface area contributed by atoms with Crippen LogP contribution in [0.15, 0.2) is 0 Å². The number of hydrogen-bond donors (Lipinski definition) is 1. The first kappa shape index (κ1) is 11.5. The molecule has 80 valence electrons. The molecule has 3 nitrogen and oxygen atoms in total. The standard InChI is InChI=1S/C11H21N3/c1-3-4-5-12-6-7-14-10-8-13(2)9-11-14/h1,12H,4-11H2,2H3. The van der Waals surface area contributed by atoms with Crippen molar-refractivity contribution in [3.05, 3.63) is 0 Å². The highest BCUT2D eigenvalue weighted by Gasteiger charge is 2.12. The fourth-order valence-corrected chi connectivity index (χ4v) is 1.59. The lowest BCUT2D eigenvalue weighted by Gasteiger charge is -2.32. The molecule has 0 radical (unpaired) electrons. The van der Waals surface area contributed by atoms with Gasteiger partial charge in [-0.3, -0.25) is 4.90 Å². The summed E-state index contributed by atoms with van der Waals surface area (Å²) < 4.78 is 0. The molecule has 0 bridgehead atoms. The first-order valence-corrected chi connectivity index (χ1v) is 5.38. The van der Waals surface area contributed by atoms with E-state index in [1.807, 2.05) is 0 Å². The van der Waals surface area contributed by atoms with E-state index in [-0.39, 0.29) is 0 Å². The molecule has 3 heteroatoms. The molecule has 0 unspecified atom stereocenters. The van der Waals surface area contributed by atoms with E-state index < -0.39 is 0 Å². The van der Waals surface area contributed by atoms with Crippen molar-refractivity contribution in [2.75, 3.05) is 52.9 Å². The zero-order valence-electron chi connectivity index (χ0n) is 9.13. The van der Waals surface area contributed by atoms with Crippen LogP contribution in [0.1, 0.15) is 6.42 Å². The second-order valence-corrected chi connectivity index (χ2v) is 3.85. The number of nitrogens with one attached hydrogen (secondary N) is 1. The van der Waals surface area contributed by atoms with Crippen molar-refractivity contribution in [1.29, 1.82) is 0 Å². The predicted molar refractivity (Wildman–Crippen MR) is 60.3 cm³/mol. The number of terminal acetylenes is 1. The fraction of sp³-hybridized carbons (Fsp3) is 0.818. The molecule has 0 aromatic heterocycles. The van der Waals surface area contributed by atoms with Gasteiger partial charge < -0.3 is 10.2 Å². The van der Waals surface area contributed by atoms with Gasteiger partial charge in [-0.2, -0.15) is 0 Å². The zero-order chi connectivity index (χ0) is 10.2. The Bertz CT molecular complexity index is 177. The predicted octanol–water partition coefficient (Wildman–Crippen LogP) is -0.153. The number of piperazine rings is 1. The van der Waals surface area contributed by atoms with Crippen LogP contribution in [0.4, 0.5) is 0 Å². The Kier molecular flexibility index (Phi) is 5.62. The van der Waals surface area contributed by atoms with E-state index in [0.717, 1.165) is 26.1 Å². The maximum absolute atomic E-state index is 5.16. The van der Waals surface area contributed by atoms with Crippen molar-refractivity contribution in [3.63, 3.8) is 0 Å². The van der Waals surface area contributed by atoms with E-state index in [0.29, 0.717) is 0 Å².